The number of H-pyrrole nitrogens is 1. The Labute approximate surface area is 106 Å². The van der Waals surface area contributed by atoms with Crippen LogP contribution >= 0.6 is 12.2 Å². The molecule has 0 radical (unpaired) electrons. The van der Waals surface area contributed by atoms with E-state index in [2.05, 4.69) is 12.0 Å². The highest BCUT2D eigenvalue weighted by atomic mass is 32.1. The van der Waals surface area contributed by atoms with Crippen molar-refractivity contribution in [1.29, 1.82) is 0 Å². The zero-order chi connectivity index (χ0) is 12.3. The highest BCUT2D eigenvalue weighted by molar-refractivity contribution is 7.71. The van der Waals surface area contributed by atoms with Crippen molar-refractivity contribution in [3.8, 4) is 11.4 Å². The third-order valence-corrected chi connectivity index (χ3v) is 2.92. The molecule has 0 aliphatic rings. The molecule has 0 aliphatic heterocycles. The summed E-state index contributed by atoms with van der Waals surface area (Å²) in [5.74, 6) is 0.813. The summed E-state index contributed by atoms with van der Waals surface area (Å²) in [6, 6.07) is 9.84. The SMILES string of the molecule is CCCc1cc(=S)n(-c2ccccc2OC)[nH]1. The molecule has 0 unspecified atom stereocenters. The number of hydrogen-bond acceptors (Lipinski definition) is 2. The number of ether oxygens (including phenoxy) is 1. The van der Waals surface area contributed by atoms with Gasteiger partial charge in [0, 0.05) is 5.69 Å². The molecule has 0 saturated heterocycles. The second-order valence-electron chi connectivity index (χ2n) is 3.88. The second kappa shape index (κ2) is 5.19. The Morgan fingerprint density at radius 1 is 1.35 bits per heavy atom. The molecule has 4 heteroatoms. The van der Waals surface area contributed by atoms with E-state index < -0.39 is 0 Å². The number of aromatic amines is 1. The zero-order valence-corrected chi connectivity index (χ0v) is 10.9. The van der Waals surface area contributed by atoms with Gasteiger partial charge < -0.3 is 4.74 Å². The Hall–Kier alpha value is -1.55. The quantitative estimate of drug-likeness (QED) is 0.839. The fraction of sp³-hybridized carbons (Fsp3) is 0.308. The summed E-state index contributed by atoms with van der Waals surface area (Å²) in [7, 11) is 1.67. The van der Waals surface area contributed by atoms with E-state index >= 15 is 0 Å². The Bertz CT molecular complexity index is 557. The first kappa shape index (κ1) is 11.9. The number of hydrogen-bond donors (Lipinski definition) is 1. The molecule has 2 rings (SSSR count). The van der Waals surface area contributed by atoms with Gasteiger partial charge in [-0.05, 0) is 24.6 Å². The lowest BCUT2D eigenvalue weighted by Crippen LogP contribution is -2.00. The van der Waals surface area contributed by atoms with Gasteiger partial charge in [-0.15, -0.1) is 0 Å². The monoisotopic (exact) mass is 248 g/mol. The molecule has 0 fully saturated rings. The topological polar surface area (TPSA) is 29.9 Å². The van der Waals surface area contributed by atoms with Crippen molar-refractivity contribution >= 4 is 12.2 Å². The molecule has 0 saturated carbocycles. The number of aryl methyl sites for hydroxylation is 1. The lowest BCUT2D eigenvalue weighted by molar-refractivity contribution is 0.411. The van der Waals surface area contributed by atoms with Crippen LogP contribution in [0.2, 0.25) is 0 Å². The van der Waals surface area contributed by atoms with Crippen molar-refractivity contribution in [2.24, 2.45) is 0 Å². The van der Waals surface area contributed by atoms with Crippen LogP contribution in [0.3, 0.4) is 0 Å². The minimum absolute atomic E-state index is 0.776. The molecule has 1 heterocycles. The molecule has 17 heavy (non-hydrogen) atoms. The minimum atomic E-state index is 0.776. The van der Waals surface area contributed by atoms with Gasteiger partial charge in [0.25, 0.3) is 0 Å². The lowest BCUT2D eigenvalue weighted by atomic mass is 10.3. The van der Waals surface area contributed by atoms with E-state index in [1.54, 1.807) is 7.11 Å². The van der Waals surface area contributed by atoms with Crippen molar-refractivity contribution in [2.75, 3.05) is 7.11 Å². The van der Waals surface area contributed by atoms with Gasteiger partial charge in [0.15, 0.2) is 0 Å². The summed E-state index contributed by atoms with van der Waals surface area (Å²) in [5, 5.41) is 3.31. The molecule has 0 amide bonds. The van der Waals surface area contributed by atoms with Gasteiger partial charge in [-0.2, -0.15) is 0 Å². The van der Waals surface area contributed by atoms with Crippen LogP contribution in [0.5, 0.6) is 5.75 Å². The van der Waals surface area contributed by atoms with Crippen molar-refractivity contribution in [3.05, 3.63) is 40.7 Å². The van der Waals surface area contributed by atoms with Crippen molar-refractivity contribution in [2.45, 2.75) is 19.8 Å². The average Bonchev–Trinajstić information content (AvgIpc) is 2.70. The van der Waals surface area contributed by atoms with E-state index in [0.29, 0.717) is 0 Å². The smallest absolute Gasteiger partial charge is 0.144 e. The highest BCUT2D eigenvalue weighted by Crippen LogP contribution is 2.22. The number of aromatic nitrogens is 2. The highest BCUT2D eigenvalue weighted by Gasteiger charge is 2.06. The van der Waals surface area contributed by atoms with E-state index in [1.807, 2.05) is 35.0 Å². The van der Waals surface area contributed by atoms with Crippen LogP contribution in [0.15, 0.2) is 30.3 Å². The van der Waals surface area contributed by atoms with Gasteiger partial charge in [0.1, 0.15) is 16.1 Å². The summed E-state index contributed by atoms with van der Waals surface area (Å²) < 4.78 is 8.00. The molecular formula is C13H16N2OS. The summed E-state index contributed by atoms with van der Waals surface area (Å²) in [4.78, 5) is 0. The molecule has 1 aromatic carbocycles. The molecular weight excluding hydrogens is 232 g/mol. The number of rotatable bonds is 4. The summed E-state index contributed by atoms with van der Waals surface area (Å²) in [6.45, 7) is 2.15. The Morgan fingerprint density at radius 2 is 2.12 bits per heavy atom. The molecule has 90 valence electrons. The van der Waals surface area contributed by atoms with Gasteiger partial charge in [0.2, 0.25) is 0 Å². The van der Waals surface area contributed by atoms with Crippen molar-refractivity contribution < 1.29 is 4.74 Å². The van der Waals surface area contributed by atoms with E-state index in [1.165, 1.54) is 0 Å². The number of nitrogens with one attached hydrogen (secondary N) is 1. The predicted octanol–water partition coefficient (Wildman–Crippen LogP) is 3.50. The third-order valence-electron chi connectivity index (χ3n) is 2.62. The van der Waals surface area contributed by atoms with Crippen LogP contribution in [-0.2, 0) is 6.42 Å². The zero-order valence-electron chi connectivity index (χ0n) is 10.1. The van der Waals surface area contributed by atoms with Crippen LogP contribution < -0.4 is 4.74 Å². The van der Waals surface area contributed by atoms with Crippen LogP contribution in [0.4, 0.5) is 0 Å². The van der Waals surface area contributed by atoms with Crippen LogP contribution in [0.25, 0.3) is 5.69 Å². The van der Waals surface area contributed by atoms with Gasteiger partial charge in [0.05, 0.1) is 7.11 Å². The standard InChI is InChI=1S/C13H16N2OS/c1-3-6-10-9-13(17)15(14-10)11-7-4-5-8-12(11)16-2/h4-5,7-9,14H,3,6H2,1-2H3. The second-order valence-corrected chi connectivity index (χ2v) is 4.30. The Morgan fingerprint density at radius 3 is 2.82 bits per heavy atom. The van der Waals surface area contributed by atoms with Crippen LogP contribution in [-0.4, -0.2) is 16.9 Å². The van der Waals surface area contributed by atoms with E-state index in [0.717, 1.165) is 34.6 Å². The van der Waals surface area contributed by atoms with Crippen molar-refractivity contribution in [1.82, 2.24) is 9.78 Å². The van der Waals surface area contributed by atoms with E-state index in [4.69, 9.17) is 17.0 Å². The average molecular weight is 248 g/mol. The number of methoxy groups -OCH3 is 1. The van der Waals surface area contributed by atoms with Crippen LogP contribution in [0, 0.1) is 4.64 Å². The Balaban J connectivity index is 2.49. The molecule has 3 nitrogen and oxygen atoms in total. The maximum atomic E-state index is 5.35. The molecule has 2 aromatic rings. The molecule has 1 N–H and O–H groups in total. The van der Waals surface area contributed by atoms with Crippen LogP contribution in [0.1, 0.15) is 19.0 Å². The first-order valence-corrected chi connectivity index (χ1v) is 6.11. The molecule has 1 aromatic heterocycles. The Kier molecular flexibility index (Phi) is 3.64. The number of nitrogens with zero attached hydrogens (tertiary/aromatic N) is 1. The lowest BCUT2D eigenvalue weighted by Gasteiger charge is -2.08. The van der Waals surface area contributed by atoms with Crippen molar-refractivity contribution in [3.63, 3.8) is 0 Å². The first-order chi connectivity index (χ1) is 8.26. The summed E-state index contributed by atoms with van der Waals surface area (Å²) in [5.41, 5.74) is 2.10. The third kappa shape index (κ3) is 2.42. The summed E-state index contributed by atoms with van der Waals surface area (Å²) in [6.07, 6.45) is 2.10. The largest absolute Gasteiger partial charge is 0.494 e. The number of para-hydroxylation sites is 2. The van der Waals surface area contributed by atoms with E-state index in [9.17, 15) is 0 Å². The molecule has 0 aliphatic carbocycles. The van der Waals surface area contributed by atoms with Gasteiger partial charge in [-0.25, -0.2) is 4.68 Å². The molecule has 0 spiro atoms. The predicted molar refractivity (Wildman–Crippen MR) is 71.5 cm³/mol. The fourth-order valence-corrected chi connectivity index (χ4v) is 2.12. The minimum Gasteiger partial charge on any atom is -0.494 e. The van der Waals surface area contributed by atoms with E-state index in [-0.39, 0.29) is 0 Å². The summed E-state index contributed by atoms with van der Waals surface area (Å²) >= 11 is 5.35. The van der Waals surface area contributed by atoms with Gasteiger partial charge in [-0.3, -0.25) is 5.10 Å². The van der Waals surface area contributed by atoms with Gasteiger partial charge >= 0.3 is 0 Å². The fourth-order valence-electron chi connectivity index (χ4n) is 1.84. The van der Waals surface area contributed by atoms with Gasteiger partial charge in [-0.1, -0.05) is 37.7 Å². The normalized spacial score (nSPS) is 10.5. The maximum absolute atomic E-state index is 5.35. The maximum Gasteiger partial charge on any atom is 0.144 e. The molecule has 0 bridgehead atoms. The first-order valence-electron chi connectivity index (χ1n) is 5.70. The number of benzene rings is 1. The molecule has 0 atom stereocenters.